The molecule has 3 rings (SSSR count). The minimum absolute atomic E-state index is 0.0531. The van der Waals surface area contributed by atoms with E-state index in [0.717, 1.165) is 6.42 Å². The highest BCUT2D eigenvalue weighted by Gasteiger charge is 2.30. The number of hydrogen-bond acceptors (Lipinski definition) is 2. The van der Waals surface area contributed by atoms with Crippen LogP contribution in [0.5, 0.6) is 0 Å². The zero-order valence-corrected chi connectivity index (χ0v) is 12.7. The average molecular weight is 312 g/mol. The van der Waals surface area contributed by atoms with Gasteiger partial charge in [-0.3, -0.25) is 9.59 Å². The van der Waals surface area contributed by atoms with Gasteiger partial charge in [0.2, 0.25) is 11.8 Å². The van der Waals surface area contributed by atoms with Crippen LogP contribution in [-0.2, 0) is 16.0 Å². The number of hydrogen-bond donors (Lipinski definition) is 2. The van der Waals surface area contributed by atoms with E-state index in [2.05, 4.69) is 17.6 Å². The molecular formula is C18H17FN2O2. The zero-order chi connectivity index (χ0) is 16.4. The summed E-state index contributed by atoms with van der Waals surface area (Å²) in [4.78, 5) is 24.3. The van der Waals surface area contributed by atoms with Crippen molar-refractivity contribution in [2.24, 2.45) is 0 Å². The summed E-state index contributed by atoms with van der Waals surface area (Å²) < 4.78 is 13.3. The van der Waals surface area contributed by atoms with Crippen molar-refractivity contribution < 1.29 is 14.0 Å². The van der Waals surface area contributed by atoms with Crippen molar-refractivity contribution in [3.63, 3.8) is 0 Å². The summed E-state index contributed by atoms with van der Waals surface area (Å²) in [7, 11) is 0. The lowest BCUT2D eigenvalue weighted by molar-refractivity contribution is -0.123. The molecule has 118 valence electrons. The Morgan fingerprint density at radius 1 is 1.26 bits per heavy atom. The van der Waals surface area contributed by atoms with E-state index >= 15 is 0 Å². The van der Waals surface area contributed by atoms with E-state index in [1.165, 1.54) is 17.7 Å². The lowest BCUT2D eigenvalue weighted by Gasteiger charge is -2.25. The summed E-state index contributed by atoms with van der Waals surface area (Å²) in [6.07, 6.45) is 0.980. The third-order valence-corrected chi connectivity index (χ3v) is 4.00. The van der Waals surface area contributed by atoms with Crippen LogP contribution in [0.3, 0.4) is 0 Å². The van der Waals surface area contributed by atoms with E-state index in [1.54, 1.807) is 6.07 Å². The Kier molecular flexibility index (Phi) is 4.10. The maximum Gasteiger partial charge on any atom is 0.232 e. The highest BCUT2D eigenvalue weighted by molar-refractivity contribution is 6.05. The standard InChI is InChI=1S/C18H17FN2O2/c1-2-11-3-6-13(7-4-11)20-18(23)15-10-17(22)21-16-9-12(19)5-8-14(15)16/h3-9,15H,2,10H2,1H3,(H,20,23)(H,21,22)/t15-/m1/s1. The van der Waals surface area contributed by atoms with Crippen LogP contribution >= 0.6 is 0 Å². The Labute approximate surface area is 133 Å². The van der Waals surface area contributed by atoms with Gasteiger partial charge in [-0.15, -0.1) is 0 Å². The molecule has 2 aromatic carbocycles. The second-order valence-corrected chi connectivity index (χ2v) is 5.58. The van der Waals surface area contributed by atoms with Gasteiger partial charge in [-0.1, -0.05) is 25.1 Å². The molecule has 0 unspecified atom stereocenters. The number of carbonyl (C=O) groups excluding carboxylic acids is 2. The van der Waals surface area contributed by atoms with Crippen molar-refractivity contribution in [1.82, 2.24) is 0 Å². The van der Waals surface area contributed by atoms with Gasteiger partial charge in [-0.05, 0) is 41.8 Å². The van der Waals surface area contributed by atoms with Crippen molar-refractivity contribution in [1.29, 1.82) is 0 Å². The van der Waals surface area contributed by atoms with Gasteiger partial charge >= 0.3 is 0 Å². The molecule has 5 heteroatoms. The van der Waals surface area contributed by atoms with Crippen LogP contribution < -0.4 is 10.6 Å². The molecule has 4 nitrogen and oxygen atoms in total. The van der Waals surface area contributed by atoms with Crippen molar-refractivity contribution in [2.45, 2.75) is 25.7 Å². The fraction of sp³-hybridized carbons (Fsp3) is 0.222. The summed E-state index contributed by atoms with van der Waals surface area (Å²) in [6.45, 7) is 2.06. The van der Waals surface area contributed by atoms with E-state index in [4.69, 9.17) is 0 Å². The molecule has 0 radical (unpaired) electrons. The van der Waals surface area contributed by atoms with Crippen LogP contribution in [0.4, 0.5) is 15.8 Å². The lowest BCUT2D eigenvalue weighted by Crippen LogP contribution is -2.30. The number of carbonyl (C=O) groups is 2. The second kappa shape index (κ2) is 6.20. The van der Waals surface area contributed by atoms with E-state index in [1.807, 2.05) is 24.3 Å². The maximum atomic E-state index is 13.3. The molecule has 0 saturated heterocycles. The molecule has 0 fully saturated rings. The molecule has 2 amide bonds. The van der Waals surface area contributed by atoms with Crippen LogP contribution in [0.15, 0.2) is 42.5 Å². The minimum Gasteiger partial charge on any atom is -0.326 e. The van der Waals surface area contributed by atoms with Crippen LogP contribution in [0.1, 0.15) is 30.4 Å². The first-order chi connectivity index (χ1) is 11.1. The van der Waals surface area contributed by atoms with Crippen molar-refractivity contribution in [2.75, 3.05) is 10.6 Å². The molecule has 1 aliphatic heterocycles. The molecule has 1 atom stereocenters. The Balaban J connectivity index is 1.83. The third-order valence-electron chi connectivity index (χ3n) is 4.00. The molecule has 0 bridgehead atoms. The Morgan fingerprint density at radius 3 is 2.70 bits per heavy atom. The number of nitrogens with one attached hydrogen (secondary N) is 2. The van der Waals surface area contributed by atoms with Gasteiger partial charge in [0.05, 0.1) is 5.92 Å². The van der Waals surface area contributed by atoms with Crippen LogP contribution in [0, 0.1) is 5.82 Å². The number of halogens is 1. The van der Waals surface area contributed by atoms with E-state index in [-0.39, 0.29) is 18.2 Å². The van der Waals surface area contributed by atoms with E-state index < -0.39 is 11.7 Å². The third kappa shape index (κ3) is 3.23. The Bertz CT molecular complexity index is 756. The van der Waals surface area contributed by atoms with E-state index in [0.29, 0.717) is 16.9 Å². The number of fused-ring (bicyclic) bond motifs is 1. The summed E-state index contributed by atoms with van der Waals surface area (Å²) in [5.74, 6) is -1.62. The normalized spacial score (nSPS) is 16.4. The van der Waals surface area contributed by atoms with Crippen molar-refractivity contribution >= 4 is 23.2 Å². The van der Waals surface area contributed by atoms with Gasteiger partial charge in [0.1, 0.15) is 5.82 Å². The quantitative estimate of drug-likeness (QED) is 0.912. The van der Waals surface area contributed by atoms with E-state index in [9.17, 15) is 14.0 Å². The van der Waals surface area contributed by atoms with Crippen molar-refractivity contribution in [3.05, 3.63) is 59.4 Å². The molecule has 1 heterocycles. The van der Waals surface area contributed by atoms with Crippen LogP contribution in [0.25, 0.3) is 0 Å². The fourth-order valence-electron chi connectivity index (χ4n) is 2.72. The largest absolute Gasteiger partial charge is 0.326 e. The van der Waals surface area contributed by atoms with Crippen LogP contribution in [-0.4, -0.2) is 11.8 Å². The molecular weight excluding hydrogens is 295 g/mol. The molecule has 0 aromatic heterocycles. The summed E-state index contributed by atoms with van der Waals surface area (Å²) in [6, 6.07) is 11.7. The molecule has 2 aromatic rings. The van der Waals surface area contributed by atoms with Gasteiger partial charge in [0.15, 0.2) is 0 Å². The smallest absolute Gasteiger partial charge is 0.232 e. The minimum atomic E-state index is -0.620. The number of benzene rings is 2. The predicted molar refractivity (Wildman–Crippen MR) is 86.8 cm³/mol. The number of anilines is 2. The molecule has 0 spiro atoms. The van der Waals surface area contributed by atoms with Gasteiger partial charge in [-0.25, -0.2) is 4.39 Å². The highest BCUT2D eigenvalue weighted by Crippen LogP contribution is 2.33. The highest BCUT2D eigenvalue weighted by atomic mass is 19.1. The predicted octanol–water partition coefficient (Wildman–Crippen LogP) is 3.45. The zero-order valence-electron chi connectivity index (χ0n) is 12.7. The number of rotatable bonds is 3. The number of aryl methyl sites for hydroxylation is 1. The first-order valence-electron chi connectivity index (χ1n) is 7.56. The molecule has 1 aliphatic rings. The van der Waals surface area contributed by atoms with Gasteiger partial charge < -0.3 is 10.6 Å². The molecule has 23 heavy (non-hydrogen) atoms. The first-order valence-corrected chi connectivity index (χ1v) is 7.56. The second-order valence-electron chi connectivity index (χ2n) is 5.58. The summed E-state index contributed by atoms with van der Waals surface area (Å²) in [5.41, 5.74) is 2.86. The van der Waals surface area contributed by atoms with Crippen molar-refractivity contribution in [3.8, 4) is 0 Å². The van der Waals surface area contributed by atoms with Gasteiger partial charge in [0, 0.05) is 17.8 Å². The maximum absolute atomic E-state index is 13.3. The Morgan fingerprint density at radius 2 is 2.00 bits per heavy atom. The van der Waals surface area contributed by atoms with Gasteiger partial charge in [0.25, 0.3) is 0 Å². The monoisotopic (exact) mass is 312 g/mol. The number of amides is 2. The first kappa shape index (κ1) is 15.2. The summed E-state index contributed by atoms with van der Waals surface area (Å²) >= 11 is 0. The summed E-state index contributed by atoms with van der Waals surface area (Å²) in [5, 5.41) is 5.43. The SMILES string of the molecule is CCc1ccc(NC(=O)[C@@H]2CC(=O)Nc3cc(F)ccc32)cc1. The topological polar surface area (TPSA) is 58.2 Å². The average Bonchev–Trinajstić information content (AvgIpc) is 2.54. The fourth-order valence-corrected chi connectivity index (χ4v) is 2.72. The molecule has 2 N–H and O–H groups in total. The molecule has 0 aliphatic carbocycles. The van der Waals surface area contributed by atoms with Crippen LogP contribution in [0.2, 0.25) is 0 Å². The molecule has 0 saturated carbocycles. The van der Waals surface area contributed by atoms with Gasteiger partial charge in [-0.2, -0.15) is 0 Å². The Hall–Kier alpha value is -2.69. The lowest BCUT2D eigenvalue weighted by atomic mass is 9.89.